The number of nitrogens with one attached hydrogen (secondary N) is 1. The molecule has 0 spiro atoms. The van der Waals surface area contributed by atoms with Gasteiger partial charge in [-0.25, -0.2) is 0 Å². The largest absolute Gasteiger partial charge is 0.493 e. The van der Waals surface area contributed by atoms with Gasteiger partial charge in [0.05, 0.1) is 19.0 Å². The Morgan fingerprint density at radius 2 is 1.78 bits per heavy atom. The summed E-state index contributed by atoms with van der Waals surface area (Å²) in [6.07, 6.45) is 1.70. The molecule has 0 fully saturated rings. The van der Waals surface area contributed by atoms with Gasteiger partial charge in [0.25, 0.3) is 0 Å². The maximum Gasteiger partial charge on any atom is 0.170 e. The molecule has 0 aliphatic heterocycles. The molecule has 0 atom stereocenters. The third-order valence-corrected chi connectivity index (χ3v) is 4.55. The maximum absolute atomic E-state index is 6.03. The summed E-state index contributed by atoms with van der Waals surface area (Å²) < 4.78 is 12.5. The quantitative estimate of drug-likeness (QED) is 0.351. The van der Waals surface area contributed by atoms with E-state index in [2.05, 4.69) is 26.5 Å². The van der Waals surface area contributed by atoms with Gasteiger partial charge in [-0.3, -0.25) is 5.43 Å². The van der Waals surface area contributed by atoms with Gasteiger partial charge in [0, 0.05) is 15.1 Å². The van der Waals surface area contributed by atoms with E-state index in [1.165, 1.54) is 0 Å². The molecule has 6 heteroatoms. The second kappa shape index (κ2) is 9.44. The van der Waals surface area contributed by atoms with E-state index in [0.29, 0.717) is 23.1 Å². The predicted molar refractivity (Wildman–Crippen MR) is 114 cm³/mol. The van der Waals surface area contributed by atoms with Crippen molar-refractivity contribution in [1.29, 1.82) is 0 Å². The minimum absolute atomic E-state index is 0.430. The van der Waals surface area contributed by atoms with E-state index in [1.807, 2.05) is 54.6 Å². The van der Waals surface area contributed by atoms with E-state index in [0.717, 1.165) is 21.3 Å². The zero-order chi connectivity index (χ0) is 19.1. The first kappa shape index (κ1) is 19.3. The van der Waals surface area contributed by atoms with E-state index in [9.17, 15) is 0 Å². The van der Waals surface area contributed by atoms with Crippen molar-refractivity contribution in [2.75, 3.05) is 12.5 Å². The van der Waals surface area contributed by atoms with Crippen LogP contribution in [0.5, 0.6) is 11.5 Å². The molecule has 1 N–H and O–H groups in total. The molecular weight excluding hydrogens is 428 g/mol. The van der Waals surface area contributed by atoms with Crippen LogP contribution in [0, 0.1) is 0 Å². The van der Waals surface area contributed by atoms with Gasteiger partial charge in [-0.2, -0.15) is 5.10 Å². The van der Waals surface area contributed by atoms with Gasteiger partial charge in [-0.1, -0.05) is 45.7 Å². The first-order chi connectivity index (χ1) is 13.2. The fourth-order valence-electron chi connectivity index (χ4n) is 2.39. The van der Waals surface area contributed by atoms with Crippen LogP contribution in [0.15, 0.2) is 76.3 Å². The van der Waals surface area contributed by atoms with Crippen molar-refractivity contribution in [2.45, 2.75) is 6.61 Å². The van der Waals surface area contributed by atoms with Gasteiger partial charge in [0.2, 0.25) is 0 Å². The van der Waals surface area contributed by atoms with Crippen LogP contribution in [0.4, 0.5) is 5.69 Å². The van der Waals surface area contributed by atoms with E-state index in [-0.39, 0.29) is 0 Å². The molecule has 138 valence electrons. The number of hydrazone groups is 1. The number of ether oxygens (including phenoxy) is 2. The lowest BCUT2D eigenvalue weighted by Crippen LogP contribution is -2.01. The van der Waals surface area contributed by atoms with E-state index in [4.69, 9.17) is 21.1 Å². The maximum atomic E-state index is 6.03. The monoisotopic (exact) mass is 444 g/mol. The highest BCUT2D eigenvalue weighted by atomic mass is 79.9. The average Bonchev–Trinajstić information content (AvgIpc) is 2.69. The Bertz CT molecular complexity index is 912. The second-order valence-corrected chi connectivity index (χ2v) is 7.02. The predicted octanol–water partition coefficient (Wildman–Crippen LogP) is 6.14. The van der Waals surface area contributed by atoms with Gasteiger partial charge >= 0.3 is 0 Å². The number of nitrogens with zero attached hydrogens (tertiary/aromatic N) is 1. The lowest BCUT2D eigenvalue weighted by atomic mass is 10.2. The van der Waals surface area contributed by atoms with Gasteiger partial charge < -0.3 is 9.47 Å². The third-order valence-electron chi connectivity index (χ3n) is 3.77. The molecule has 4 nitrogen and oxygen atoms in total. The smallest absolute Gasteiger partial charge is 0.170 e. The fourth-order valence-corrected chi connectivity index (χ4v) is 2.78. The summed E-state index contributed by atoms with van der Waals surface area (Å²) in [7, 11) is 1.62. The molecule has 3 aromatic rings. The van der Waals surface area contributed by atoms with Gasteiger partial charge in [0.15, 0.2) is 11.5 Å². The minimum Gasteiger partial charge on any atom is -0.493 e. The molecule has 3 rings (SSSR count). The first-order valence-corrected chi connectivity index (χ1v) is 9.41. The lowest BCUT2D eigenvalue weighted by molar-refractivity contribution is 0.284. The zero-order valence-electron chi connectivity index (χ0n) is 14.7. The fraction of sp³-hybridized carbons (Fsp3) is 0.0952. The van der Waals surface area contributed by atoms with Crippen LogP contribution < -0.4 is 14.9 Å². The summed E-state index contributed by atoms with van der Waals surface area (Å²) in [6.45, 7) is 0.430. The van der Waals surface area contributed by atoms with E-state index >= 15 is 0 Å². The third kappa shape index (κ3) is 5.49. The Labute approximate surface area is 171 Å². The van der Waals surface area contributed by atoms with E-state index in [1.54, 1.807) is 25.5 Å². The van der Waals surface area contributed by atoms with Crippen LogP contribution in [-0.2, 0) is 6.61 Å². The summed E-state index contributed by atoms with van der Waals surface area (Å²) in [6, 6.07) is 21.0. The van der Waals surface area contributed by atoms with Gasteiger partial charge in [-0.15, -0.1) is 0 Å². The standard InChI is InChI=1S/C21H18BrClN2O2/c1-26-20-4-2-3-16(13-24-25-19-11-9-18(23)10-12-19)21(20)27-14-15-5-7-17(22)8-6-15/h2-13,25H,14H2,1H3. The molecule has 0 heterocycles. The van der Waals surface area contributed by atoms with Crippen molar-refractivity contribution in [1.82, 2.24) is 0 Å². The Morgan fingerprint density at radius 3 is 2.48 bits per heavy atom. The number of hydrogen-bond donors (Lipinski definition) is 1. The van der Waals surface area contributed by atoms with Crippen LogP contribution in [0.2, 0.25) is 5.02 Å². The highest BCUT2D eigenvalue weighted by Crippen LogP contribution is 2.31. The van der Waals surface area contributed by atoms with Crippen molar-refractivity contribution in [3.8, 4) is 11.5 Å². The number of anilines is 1. The van der Waals surface area contributed by atoms with Crippen molar-refractivity contribution in [3.63, 3.8) is 0 Å². The van der Waals surface area contributed by atoms with Crippen LogP contribution in [0.25, 0.3) is 0 Å². The average molecular weight is 446 g/mol. The molecule has 0 aromatic heterocycles. The summed E-state index contributed by atoms with van der Waals surface area (Å²) >= 11 is 9.33. The van der Waals surface area contributed by atoms with Crippen LogP contribution in [0.1, 0.15) is 11.1 Å². The number of para-hydroxylation sites is 1. The molecule has 0 amide bonds. The topological polar surface area (TPSA) is 42.8 Å². The second-order valence-electron chi connectivity index (χ2n) is 5.67. The highest BCUT2D eigenvalue weighted by Gasteiger charge is 2.09. The molecule has 0 aliphatic carbocycles. The van der Waals surface area contributed by atoms with Crippen molar-refractivity contribution in [3.05, 3.63) is 87.4 Å². The number of benzene rings is 3. The molecule has 0 aliphatic rings. The van der Waals surface area contributed by atoms with Crippen molar-refractivity contribution in [2.24, 2.45) is 5.10 Å². The lowest BCUT2D eigenvalue weighted by Gasteiger charge is -2.13. The molecule has 0 radical (unpaired) electrons. The molecule has 0 unspecified atom stereocenters. The molecule has 27 heavy (non-hydrogen) atoms. The summed E-state index contributed by atoms with van der Waals surface area (Å²) in [5.74, 6) is 1.30. The Balaban J connectivity index is 1.75. The minimum atomic E-state index is 0.430. The Hall–Kier alpha value is -2.50. The summed E-state index contributed by atoms with van der Waals surface area (Å²) in [5, 5.41) is 4.97. The zero-order valence-corrected chi connectivity index (χ0v) is 17.0. The first-order valence-electron chi connectivity index (χ1n) is 8.24. The highest BCUT2D eigenvalue weighted by molar-refractivity contribution is 9.10. The summed E-state index contributed by atoms with van der Waals surface area (Å²) in [4.78, 5) is 0. The SMILES string of the molecule is COc1cccc(C=NNc2ccc(Cl)cc2)c1OCc1ccc(Br)cc1. The Kier molecular flexibility index (Phi) is 6.74. The van der Waals surface area contributed by atoms with Gasteiger partial charge in [0.1, 0.15) is 6.61 Å². The Morgan fingerprint density at radius 1 is 1.04 bits per heavy atom. The molecule has 3 aromatic carbocycles. The number of hydrogen-bond acceptors (Lipinski definition) is 4. The van der Waals surface area contributed by atoms with Crippen LogP contribution in [0.3, 0.4) is 0 Å². The number of methoxy groups -OCH3 is 1. The van der Waals surface area contributed by atoms with Crippen LogP contribution >= 0.6 is 27.5 Å². The number of halogens is 2. The van der Waals surface area contributed by atoms with Crippen LogP contribution in [-0.4, -0.2) is 13.3 Å². The molecular formula is C21H18BrClN2O2. The molecule has 0 saturated carbocycles. The molecule has 0 bridgehead atoms. The van der Waals surface area contributed by atoms with Crippen molar-refractivity contribution < 1.29 is 9.47 Å². The van der Waals surface area contributed by atoms with E-state index < -0.39 is 0 Å². The molecule has 0 saturated heterocycles. The number of rotatable bonds is 7. The summed E-state index contributed by atoms with van der Waals surface area (Å²) in [5.41, 5.74) is 5.69. The van der Waals surface area contributed by atoms with Crippen molar-refractivity contribution >= 4 is 39.4 Å². The normalized spacial score (nSPS) is 10.8. The van der Waals surface area contributed by atoms with Gasteiger partial charge in [-0.05, 0) is 54.1 Å².